The van der Waals surface area contributed by atoms with Gasteiger partial charge in [0, 0.05) is 32.7 Å². The lowest BCUT2D eigenvalue weighted by Gasteiger charge is -2.31. The quantitative estimate of drug-likeness (QED) is 0.632. The zero-order valence-electron chi connectivity index (χ0n) is 12.7. The molecule has 0 unspecified atom stereocenters. The van der Waals surface area contributed by atoms with E-state index in [9.17, 15) is 4.79 Å². The molecular weight excluding hydrogens is 288 g/mol. The molecule has 0 saturated carbocycles. The van der Waals surface area contributed by atoms with E-state index in [1.807, 2.05) is 7.05 Å². The third-order valence-corrected chi connectivity index (χ3v) is 4.64. The number of thiazole rings is 1. The molecule has 0 aromatic carbocycles. The van der Waals surface area contributed by atoms with E-state index in [2.05, 4.69) is 32.5 Å². The van der Waals surface area contributed by atoms with Gasteiger partial charge in [0.2, 0.25) is 0 Å². The first-order chi connectivity index (χ1) is 10.1. The van der Waals surface area contributed by atoms with Crippen molar-refractivity contribution in [2.45, 2.75) is 6.42 Å². The maximum atomic E-state index is 12.1. The number of hydrogen-bond acceptors (Lipinski definition) is 7. The first-order valence-electron chi connectivity index (χ1n) is 7.24. The standard InChI is InChI=1S/C13H24N6OS/c1-15-4-3-5-16-12(20)10-11(14)17-13(21-10)19-8-6-18(2)7-9-19/h15H,3-9,14H2,1-2H3,(H,16,20). The molecule has 0 aliphatic carbocycles. The monoisotopic (exact) mass is 312 g/mol. The minimum atomic E-state index is -0.124. The van der Waals surface area contributed by atoms with Gasteiger partial charge in [-0.3, -0.25) is 4.79 Å². The summed E-state index contributed by atoms with van der Waals surface area (Å²) in [5.74, 6) is 0.210. The lowest BCUT2D eigenvalue weighted by Crippen LogP contribution is -2.44. The predicted molar refractivity (Wildman–Crippen MR) is 87.1 cm³/mol. The number of aromatic nitrogens is 1. The molecule has 1 saturated heterocycles. The van der Waals surface area contributed by atoms with Crippen LogP contribution in [0.5, 0.6) is 0 Å². The van der Waals surface area contributed by atoms with E-state index in [0.29, 0.717) is 17.2 Å². The molecule has 118 valence electrons. The van der Waals surface area contributed by atoms with E-state index < -0.39 is 0 Å². The van der Waals surface area contributed by atoms with Crippen LogP contribution in [0.3, 0.4) is 0 Å². The molecular formula is C13H24N6OS. The number of nitrogens with one attached hydrogen (secondary N) is 2. The second-order valence-electron chi connectivity index (χ2n) is 5.21. The van der Waals surface area contributed by atoms with E-state index in [1.54, 1.807) is 0 Å². The number of amides is 1. The van der Waals surface area contributed by atoms with Gasteiger partial charge in [0.25, 0.3) is 5.91 Å². The topological polar surface area (TPSA) is 86.5 Å². The number of likely N-dealkylation sites (N-methyl/N-ethyl adjacent to an activating group) is 1. The molecule has 1 aromatic rings. The molecule has 1 fully saturated rings. The fraction of sp³-hybridized carbons (Fsp3) is 0.692. The number of nitrogens with zero attached hydrogens (tertiary/aromatic N) is 3. The number of carbonyl (C=O) groups is 1. The molecule has 8 heteroatoms. The number of hydrogen-bond donors (Lipinski definition) is 3. The van der Waals surface area contributed by atoms with Crippen LogP contribution in [0.2, 0.25) is 0 Å². The molecule has 2 rings (SSSR count). The first-order valence-corrected chi connectivity index (χ1v) is 8.06. The number of nitrogens with two attached hydrogens (primary N) is 1. The lowest BCUT2D eigenvalue weighted by molar-refractivity contribution is 0.0958. The maximum absolute atomic E-state index is 12.1. The zero-order chi connectivity index (χ0) is 15.2. The highest BCUT2D eigenvalue weighted by Gasteiger charge is 2.21. The smallest absolute Gasteiger partial charge is 0.265 e. The zero-order valence-corrected chi connectivity index (χ0v) is 13.5. The van der Waals surface area contributed by atoms with Crippen LogP contribution in [0.15, 0.2) is 0 Å². The summed E-state index contributed by atoms with van der Waals surface area (Å²) in [5.41, 5.74) is 5.90. The van der Waals surface area contributed by atoms with Crippen LogP contribution in [0.25, 0.3) is 0 Å². The van der Waals surface area contributed by atoms with Crippen LogP contribution in [0.1, 0.15) is 16.1 Å². The van der Waals surface area contributed by atoms with E-state index >= 15 is 0 Å². The van der Waals surface area contributed by atoms with Crippen molar-refractivity contribution in [1.29, 1.82) is 0 Å². The second-order valence-corrected chi connectivity index (χ2v) is 6.19. The van der Waals surface area contributed by atoms with Crippen molar-refractivity contribution >= 4 is 28.2 Å². The van der Waals surface area contributed by atoms with Crippen LogP contribution in [0.4, 0.5) is 10.9 Å². The minimum Gasteiger partial charge on any atom is -0.382 e. The van der Waals surface area contributed by atoms with Crippen LogP contribution >= 0.6 is 11.3 Å². The number of rotatable bonds is 6. The molecule has 7 nitrogen and oxygen atoms in total. The average Bonchev–Trinajstić information content (AvgIpc) is 2.86. The molecule has 0 radical (unpaired) electrons. The molecule has 0 spiro atoms. The Kier molecular flexibility index (Phi) is 5.77. The van der Waals surface area contributed by atoms with Crippen molar-refractivity contribution in [3.05, 3.63) is 4.88 Å². The van der Waals surface area contributed by atoms with Crippen molar-refractivity contribution in [1.82, 2.24) is 20.5 Å². The maximum Gasteiger partial charge on any atom is 0.265 e. The summed E-state index contributed by atoms with van der Waals surface area (Å²) >= 11 is 1.38. The fourth-order valence-corrected chi connectivity index (χ4v) is 3.12. The van der Waals surface area contributed by atoms with Crippen molar-refractivity contribution in [2.75, 3.05) is 64.0 Å². The Morgan fingerprint density at radius 3 is 2.71 bits per heavy atom. The summed E-state index contributed by atoms with van der Waals surface area (Å²) in [6.07, 6.45) is 0.895. The second kappa shape index (κ2) is 7.58. The van der Waals surface area contributed by atoms with Gasteiger partial charge in [-0.2, -0.15) is 0 Å². The van der Waals surface area contributed by atoms with Gasteiger partial charge in [-0.1, -0.05) is 11.3 Å². The van der Waals surface area contributed by atoms with Gasteiger partial charge < -0.3 is 26.2 Å². The molecule has 1 aliphatic heterocycles. The number of nitrogen functional groups attached to an aromatic ring is 1. The van der Waals surface area contributed by atoms with Gasteiger partial charge >= 0.3 is 0 Å². The molecule has 0 bridgehead atoms. The Morgan fingerprint density at radius 1 is 1.33 bits per heavy atom. The summed E-state index contributed by atoms with van der Waals surface area (Å²) in [6, 6.07) is 0. The third kappa shape index (κ3) is 4.29. The van der Waals surface area contributed by atoms with Crippen LogP contribution in [0, 0.1) is 0 Å². The number of piperazine rings is 1. The molecule has 1 aliphatic rings. The normalized spacial score (nSPS) is 16.2. The molecule has 1 aromatic heterocycles. The Morgan fingerprint density at radius 2 is 2.05 bits per heavy atom. The summed E-state index contributed by atoms with van der Waals surface area (Å²) in [5, 5.41) is 6.78. The SMILES string of the molecule is CNCCCNC(=O)c1sc(N2CCN(C)CC2)nc1N. The Hall–Kier alpha value is -1.38. The highest BCUT2D eigenvalue weighted by molar-refractivity contribution is 7.18. The van der Waals surface area contributed by atoms with Gasteiger partial charge in [-0.05, 0) is 27.1 Å². The van der Waals surface area contributed by atoms with Gasteiger partial charge in [-0.25, -0.2) is 4.98 Å². The molecule has 21 heavy (non-hydrogen) atoms. The summed E-state index contributed by atoms with van der Waals surface area (Å²) in [4.78, 5) is 21.5. The van der Waals surface area contributed by atoms with E-state index in [1.165, 1.54) is 11.3 Å². The van der Waals surface area contributed by atoms with Crippen LogP contribution in [-0.4, -0.2) is 69.2 Å². The van der Waals surface area contributed by atoms with E-state index in [-0.39, 0.29) is 5.91 Å². The molecule has 4 N–H and O–H groups in total. The van der Waals surface area contributed by atoms with Gasteiger partial charge in [0.1, 0.15) is 10.7 Å². The first kappa shape index (κ1) is 16.0. The third-order valence-electron chi connectivity index (χ3n) is 3.51. The van der Waals surface area contributed by atoms with Crippen LogP contribution in [-0.2, 0) is 0 Å². The van der Waals surface area contributed by atoms with Gasteiger partial charge in [0.05, 0.1) is 0 Å². The Balaban J connectivity index is 1.93. The molecule has 1 amide bonds. The highest BCUT2D eigenvalue weighted by atomic mass is 32.1. The minimum absolute atomic E-state index is 0.124. The fourth-order valence-electron chi connectivity index (χ4n) is 2.16. The Bertz CT molecular complexity index is 469. The van der Waals surface area contributed by atoms with Crippen molar-refractivity contribution in [3.63, 3.8) is 0 Å². The van der Waals surface area contributed by atoms with Crippen molar-refractivity contribution in [2.24, 2.45) is 0 Å². The van der Waals surface area contributed by atoms with Crippen LogP contribution < -0.4 is 21.3 Å². The lowest BCUT2D eigenvalue weighted by atomic mass is 10.3. The molecule has 0 atom stereocenters. The van der Waals surface area contributed by atoms with E-state index in [4.69, 9.17) is 5.73 Å². The van der Waals surface area contributed by atoms with E-state index in [0.717, 1.165) is 44.3 Å². The number of anilines is 2. The summed E-state index contributed by atoms with van der Waals surface area (Å²) in [7, 11) is 4.00. The van der Waals surface area contributed by atoms with Crippen molar-refractivity contribution in [3.8, 4) is 0 Å². The summed E-state index contributed by atoms with van der Waals surface area (Å²) < 4.78 is 0. The largest absolute Gasteiger partial charge is 0.382 e. The van der Waals surface area contributed by atoms with Gasteiger partial charge in [-0.15, -0.1) is 0 Å². The number of carbonyl (C=O) groups excluding carboxylic acids is 1. The predicted octanol–water partition coefficient (Wildman–Crippen LogP) is -0.184. The van der Waals surface area contributed by atoms with Crippen molar-refractivity contribution < 1.29 is 4.79 Å². The average molecular weight is 312 g/mol. The summed E-state index contributed by atoms with van der Waals surface area (Å²) in [6.45, 7) is 5.38. The van der Waals surface area contributed by atoms with Gasteiger partial charge in [0.15, 0.2) is 5.13 Å². The molecule has 2 heterocycles. The Labute approximate surface area is 129 Å². The highest BCUT2D eigenvalue weighted by Crippen LogP contribution is 2.28.